The van der Waals surface area contributed by atoms with Gasteiger partial charge in [-0.25, -0.2) is 8.42 Å². The molecule has 0 spiro atoms. The number of carbonyl (C=O) groups excluding carboxylic acids is 1. The minimum Gasteiger partial charge on any atom is -0.493 e. The van der Waals surface area contributed by atoms with Crippen LogP contribution in [0.4, 0.5) is 5.69 Å². The fraction of sp³-hybridized carbons (Fsp3) is 0.278. The van der Waals surface area contributed by atoms with E-state index >= 15 is 0 Å². The number of primary amides is 1. The molecule has 0 atom stereocenters. The third-order valence-corrected chi connectivity index (χ3v) is 5.76. The number of benzene rings is 2. The standard InChI is InChI=1S/C18H22N2O5S/c1-11-7-12(2)18(14(8-11)20-10-17(19)21)26(22,23)13-5-6-15(24-3)16(9-13)25-4/h5-9,20H,10H2,1-4H3,(H2,19,21). The summed E-state index contributed by atoms with van der Waals surface area (Å²) in [5, 5.41) is 2.81. The minimum absolute atomic E-state index is 0.0595. The van der Waals surface area contributed by atoms with Crippen LogP contribution in [0.25, 0.3) is 0 Å². The lowest BCUT2D eigenvalue weighted by Gasteiger charge is -2.16. The molecular weight excluding hydrogens is 356 g/mol. The number of nitrogens with two attached hydrogens (primary N) is 1. The smallest absolute Gasteiger partial charge is 0.236 e. The van der Waals surface area contributed by atoms with E-state index in [0.717, 1.165) is 5.56 Å². The number of nitrogens with one attached hydrogen (secondary N) is 1. The first kappa shape index (κ1) is 19.6. The summed E-state index contributed by atoms with van der Waals surface area (Å²) in [6.07, 6.45) is 0. The van der Waals surface area contributed by atoms with Gasteiger partial charge in [-0.2, -0.15) is 0 Å². The van der Waals surface area contributed by atoms with Gasteiger partial charge in [-0.1, -0.05) is 6.07 Å². The highest BCUT2D eigenvalue weighted by Crippen LogP contribution is 2.36. The average Bonchev–Trinajstić information content (AvgIpc) is 2.58. The van der Waals surface area contributed by atoms with Crippen molar-refractivity contribution in [2.24, 2.45) is 5.73 Å². The molecule has 26 heavy (non-hydrogen) atoms. The Labute approximate surface area is 153 Å². The lowest BCUT2D eigenvalue weighted by atomic mass is 10.1. The van der Waals surface area contributed by atoms with Gasteiger partial charge in [-0.3, -0.25) is 4.79 Å². The maximum absolute atomic E-state index is 13.2. The molecule has 0 aliphatic rings. The molecule has 0 heterocycles. The van der Waals surface area contributed by atoms with Gasteiger partial charge in [0.2, 0.25) is 15.7 Å². The number of hydrogen-bond acceptors (Lipinski definition) is 6. The van der Waals surface area contributed by atoms with Gasteiger partial charge in [-0.15, -0.1) is 0 Å². The van der Waals surface area contributed by atoms with Crippen LogP contribution in [-0.2, 0) is 14.6 Å². The van der Waals surface area contributed by atoms with Gasteiger partial charge in [0.25, 0.3) is 0 Å². The first-order chi connectivity index (χ1) is 12.2. The Balaban J connectivity index is 2.63. The number of aryl methyl sites for hydroxylation is 2. The summed E-state index contributed by atoms with van der Waals surface area (Å²) >= 11 is 0. The van der Waals surface area contributed by atoms with Crippen LogP contribution in [0.5, 0.6) is 11.5 Å². The molecule has 0 bridgehead atoms. The predicted molar refractivity (Wildman–Crippen MR) is 98.6 cm³/mol. The molecule has 1 amide bonds. The van der Waals surface area contributed by atoms with Gasteiger partial charge in [0.05, 0.1) is 36.2 Å². The topological polar surface area (TPSA) is 108 Å². The number of rotatable bonds is 7. The van der Waals surface area contributed by atoms with Crippen molar-refractivity contribution in [2.45, 2.75) is 23.6 Å². The van der Waals surface area contributed by atoms with Crippen molar-refractivity contribution >= 4 is 21.4 Å². The number of methoxy groups -OCH3 is 2. The van der Waals surface area contributed by atoms with Crippen LogP contribution < -0.4 is 20.5 Å². The van der Waals surface area contributed by atoms with E-state index in [9.17, 15) is 13.2 Å². The second kappa shape index (κ2) is 7.65. The van der Waals surface area contributed by atoms with Crippen LogP contribution in [0, 0.1) is 13.8 Å². The second-order valence-corrected chi connectivity index (χ2v) is 7.69. The quantitative estimate of drug-likeness (QED) is 0.763. The molecule has 0 saturated carbocycles. The molecule has 0 saturated heterocycles. The van der Waals surface area contributed by atoms with E-state index in [1.807, 2.05) is 6.92 Å². The number of carbonyl (C=O) groups is 1. The van der Waals surface area contributed by atoms with Crippen LogP contribution in [0.15, 0.2) is 40.1 Å². The van der Waals surface area contributed by atoms with Crippen LogP contribution in [0.3, 0.4) is 0 Å². The van der Waals surface area contributed by atoms with Crippen molar-refractivity contribution in [2.75, 3.05) is 26.1 Å². The van der Waals surface area contributed by atoms with Crippen molar-refractivity contribution in [1.82, 2.24) is 0 Å². The Morgan fingerprint density at radius 1 is 1.08 bits per heavy atom. The summed E-state index contributed by atoms with van der Waals surface area (Å²) in [5.74, 6) is 0.155. The van der Waals surface area contributed by atoms with Crippen molar-refractivity contribution in [3.63, 3.8) is 0 Å². The predicted octanol–water partition coefficient (Wildman–Crippen LogP) is 2.05. The number of sulfone groups is 1. The maximum Gasteiger partial charge on any atom is 0.236 e. The van der Waals surface area contributed by atoms with Gasteiger partial charge in [0.15, 0.2) is 11.5 Å². The van der Waals surface area contributed by atoms with E-state index in [1.165, 1.54) is 32.4 Å². The lowest BCUT2D eigenvalue weighted by molar-refractivity contribution is -0.116. The molecule has 2 aromatic carbocycles. The minimum atomic E-state index is -3.87. The Morgan fingerprint density at radius 2 is 1.73 bits per heavy atom. The van der Waals surface area contributed by atoms with E-state index in [-0.39, 0.29) is 16.3 Å². The summed E-state index contributed by atoms with van der Waals surface area (Å²) in [6.45, 7) is 3.38. The normalized spacial score (nSPS) is 11.1. The fourth-order valence-electron chi connectivity index (χ4n) is 2.73. The Hall–Kier alpha value is -2.74. The number of hydrogen-bond donors (Lipinski definition) is 2. The Bertz CT molecular complexity index is 939. The molecule has 7 nitrogen and oxygen atoms in total. The number of ether oxygens (including phenoxy) is 2. The van der Waals surface area contributed by atoms with Crippen molar-refractivity contribution in [3.8, 4) is 11.5 Å². The molecule has 2 aromatic rings. The Morgan fingerprint density at radius 3 is 2.31 bits per heavy atom. The summed E-state index contributed by atoms with van der Waals surface area (Å²) < 4.78 is 36.8. The molecule has 0 radical (unpaired) electrons. The second-order valence-electron chi connectivity index (χ2n) is 5.80. The van der Waals surface area contributed by atoms with Gasteiger partial charge >= 0.3 is 0 Å². The van der Waals surface area contributed by atoms with Gasteiger partial charge in [0.1, 0.15) is 0 Å². The monoisotopic (exact) mass is 378 g/mol. The first-order valence-electron chi connectivity index (χ1n) is 7.81. The van der Waals surface area contributed by atoms with Crippen molar-refractivity contribution in [3.05, 3.63) is 41.5 Å². The van der Waals surface area contributed by atoms with Crippen LogP contribution in [0.2, 0.25) is 0 Å². The van der Waals surface area contributed by atoms with E-state index in [0.29, 0.717) is 22.7 Å². The molecule has 0 aliphatic carbocycles. The highest BCUT2D eigenvalue weighted by molar-refractivity contribution is 7.91. The molecule has 140 valence electrons. The van der Waals surface area contributed by atoms with Crippen molar-refractivity contribution < 1.29 is 22.7 Å². The SMILES string of the molecule is COc1ccc(S(=O)(=O)c2c(C)cc(C)cc2NCC(N)=O)cc1OC. The number of amides is 1. The van der Waals surface area contributed by atoms with E-state index in [4.69, 9.17) is 15.2 Å². The molecule has 3 N–H and O–H groups in total. The highest BCUT2D eigenvalue weighted by atomic mass is 32.2. The molecular formula is C18H22N2O5S. The lowest BCUT2D eigenvalue weighted by Crippen LogP contribution is -2.23. The summed E-state index contributed by atoms with van der Waals surface area (Å²) in [5.41, 5.74) is 6.93. The van der Waals surface area contributed by atoms with E-state index in [2.05, 4.69) is 5.32 Å². The molecule has 0 fully saturated rings. The summed E-state index contributed by atoms with van der Waals surface area (Å²) in [6, 6.07) is 7.83. The van der Waals surface area contributed by atoms with Crippen LogP contribution in [-0.4, -0.2) is 35.1 Å². The molecule has 0 aliphatic heterocycles. The highest BCUT2D eigenvalue weighted by Gasteiger charge is 2.25. The summed E-state index contributed by atoms with van der Waals surface area (Å²) in [4.78, 5) is 11.3. The zero-order chi connectivity index (χ0) is 19.5. The third kappa shape index (κ3) is 3.91. The van der Waals surface area contributed by atoms with Gasteiger partial charge < -0.3 is 20.5 Å². The van der Waals surface area contributed by atoms with Crippen molar-refractivity contribution in [1.29, 1.82) is 0 Å². The van der Waals surface area contributed by atoms with E-state index in [1.54, 1.807) is 19.1 Å². The zero-order valence-corrected chi connectivity index (χ0v) is 15.9. The van der Waals surface area contributed by atoms with Crippen LogP contribution in [0.1, 0.15) is 11.1 Å². The number of anilines is 1. The zero-order valence-electron chi connectivity index (χ0n) is 15.1. The first-order valence-corrected chi connectivity index (χ1v) is 9.29. The molecule has 0 aromatic heterocycles. The third-order valence-electron chi connectivity index (χ3n) is 3.81. The fourth-order valence-corrected chi connectivity index (χ4v) is 4.37. The van der Waals surface area contributed by atoms with Crippen LogP contribution >= 0.6 is 0 Å². The molecule has 8 heteroatoms. The summed E-state index contributed by atoms with van der Waals surface area (Å²) in [7, 11) is -0.963. The largest absolute Gasteiger partial charge is 0.493 e. The average molecular weight is 378 g/mol. The molecule has 0 unspecified atom stereocenters. The van der Waals surface area contributed by atoms with E-state index < -0.39 is 15.7 Å². The Kier molecular flexibility index (Phi) is 5.76. The molecule has 2 rings (SSSR count). The maximum atomic E-state index is 13.2. The van der Waals surface area contributed by atoms with Gasteiger partial charge in [0, 0.05) is 6.07 Å². The van der Waals surface area contributed by atoms with Gasteiger partial charge in [-0.05, 0) is 43.2 Å².